The summed E-state index contributed by atoms with van der Waals surface area (Å²) in [7, 11) is 0. The molecule has 1 aromatic carbocycles. The minimum absolute atomic E-state index is 0.00787. The topological polar surface area (TPSA) is 58.6 Å². The third-order valence-corrected chi connectivity index (χ3v) is 3.42. The average Bonchev–Trinajstić information content (AvgIpc) is 2.36. The maximum Gasteiger partial charge on any atom is 0.223 e. The summed E-state index contributed by atoms with van der Waals surface area (Å²) < 4.78 is 5.49. The van der Waals surface area contributed by atoms with Gasteiger partial charge in [0.2, 0.25) is 5.91 Å². The molecule has 0 atom stereocenters. The van der Waals surface area contributed by atoms with Crippen LogP contribution in [0.25, 0.3) is 0 Å². The van der Waals surface area contributed by atoms with Crippen LogP contribution in [0.5, 0.6) is 5.75 Å². The summed E-state index contributed by atoms with van der Waals surface area (Å²) in [6.45, 7) is 3.08. The number of carbonyl (C=O) groups excluding carboxylic acids is 1. The molecule has 0 aromatic heterocycles. The van der Waals surface area contributed by atoms with Crippen LogP contribution in [0.15, 0.2) is 24.3 Å². The molecule has 1 aliphatic rings. The molecule has 1 aromatic rings. The van der Waals surface area contributed by atoms with Crippen molar-refractivity contribution < 1.29 is 14.6 Å². The molecule has 1 saturated carbocycles. The molecule has 0 bridgehead atoms. The average molecular weight is 263 g/mol. The lowest BCUT2D eigenvalue weighted by Gasteiger charge is -2.31. The van der Waals surface area contributed by atoms with Gasteiger partial charge in [0.15, 0.2) is 0 Å². The number of hydrogen-bond acceptors (Lipinski definition) is 3. The quantitative estimate of drug-likeness (QED) is 0.820. The zero-order chi connectivity index (χ0) is 13.7. The van der Waals surface area contributed by atoms with Gasteiger partial charge in [-0.25, -0.2) is 0 Å². The Labute approximate surface area is 113 Å². The fraction of sp³-hybridized carbons (Fsp3) is 0.533. The highest BCUT2D eigenvalue weighted by Crippen LogP contribution is 2.26. The smallest absolute Gasteiger partial charge is 0.223 e. The summed E-state index contributed by atoms with van der Waals surface area (Å²) in [6.07, 6.45) is 1.82. The summed E-state index contributed by atoms with van der Waals surface area (Å²) in [5.41, 5.74) is 1.19. The number of ether oxygens (including phenoxy) is 1. The molecule has 0 aliphatic heterocycles. The van der Waals surface area contributed by atoms with Crippen molar-refractivity contribution in [2.45, 2.75) is 32.3 Å². The molecule has 0 heterocycles. The van der Waals surface area contributed by atoms with Crippen LogP contribution in [0.1, 0.15) is 24.8 Å². The standard InChI is InChI=1S/C15H21NO3/c1-11-2-4-14(5-3-11)19-7-6-15(18)16-10-12-8-13(17)9-12/h2-5,12-13,17H,6-10H2,1H3,(H,16,18). The lowest BCUT2D eigenvalue weighted by Crippen LogP contribution is -2.38. The van der Waals surface area contributed by atoms with Crippen molar-refractivity contribution in [1.29, 1.82) is 0 Å². The second kappa shape index (κ2) is 6.57. The van der Waals surface area contributed by atoms with Crippen molar-refractivity contribution in [2.75, 3.05) is 13.2 Å². The highest BCUT2D eigenvalue weighted by molar-refractivity contribution is 5.75. The van der Waals surface area contributed by atoms with E-state index in [-0.39, 0.29) is 12.0 Å². The predicted molar refractivity (Wildman–Crippen MR) is 73.0 cm³/mol. The number of aliphatic hydroxyl groups excluding tert-OH is 1. The fourth-order valence-corrected chi connectivity index (χ4v) is 2.11. The second-order valence-corrected chi connectivity index (χ2v) is 5.21. The zero-order valence-electron chi connectivity index (χ0n) is 11.3. The lowest BCUT2D eigenvalue weighted by molar-refractivity contribution is -0.122. The summed E-state index contributed by atoms with van der Waals surface area (Å²) in [5, 5.41) is 12.0. The summed E-state index contributed by atoms with van der Waals surface area (Å²) >= 11 is 0. The van der Waals surface area contributed by atoms with Gasteiger partial charge in [0.1, 0.15) is 5.75 Å². The van der Waals surface area contributed by atoms with Crippen molar-refractivity contribution in [2.24, 2.45) is 5.92 Å². The summed E-state index contributed by atoms with van der Waals surface area (Å²) in [6, 6.07) is 7.78. The second-order valence-electron chi connectivity index (χ2n) is 5.21. The van der Waals surface area contributed by atoms with Crippen molar-refractivity contribution in [1.82, 2.24) is 5.32 Å². The minimum Gasteiger partial charge on any atom is -0.493 e. The van der Waals surface area contributed by atoms with Crippen LogP contribution in [0.2, 0.25) is 0 Å². The zero-order valence-corrected chi connectivity index (χ0v) is 11.3. The van der Waals surface area contributed by atoms with Gasteiger partial charge in [-0.1, -0.05) is 17.7 Å². The van der Waals surface area contributed by atoms with Crippen LogP contribution in [0.4, 0.5) is 0 Å². The predicted octanol–water partition coefficient (Wildman–Crippen LogP) is 1.65. The van der Waals surface area contributed by atoms with E-state index in [1.807, 2.05) is 31.2 Å². The largest absolute Gasteiger partial charge is 0.493 e. The normalized spacial score (nSPS) is 21.6. The Bertz CT molecular complexity index is 410. The Balaban J connectivity index is 1.57. The van der Waals surface area contributed by atoms with Gasteiger partial charge in [0, 0.05) is 6.54 Å². The molecular formula is C15H21NO3. The van der Waals surface area contributed by atoms with Gasteiger partial charge in [-0.05, 0) is 37.8 Å². The van der Waals surface area contributed by atoms with Crippen molar-refractivity contribution in [3.05, 3.63) is 29.8 Å². The van der Waals surface area contributed by atoms with Crippen LogP contribution < -0.4 is 10.1 Å². The van der Waals surface area contributed by atoms with Crippen molar-refractivity contribution >= 4 is 5.91 Å². The monoisotopic (exact) mass is 263 g/mol. The Morgan fingerprint density at radius 3 is 2.68 bits per heavy atom. The van der Waals surface area contributed by atoms with Crippen LogP contribution in [-0.4, -0.2) is 30.3 Å². The third-order valence-electron chi connectivity index (χ3n) is 3.42. The molecule has 19 heavy (non-hydrogen) atoms. The molecule has 0 saturated heterocycles. The van der Waals surface area contributed by atoms with Gasteiger partial charge < -0.3 is 15.2 Å². The first-order chi connectivity index (χ1) is 9.13. The molecule has 4 heteroatoms. The number of hydrogen-bond donors (Lipinski definition) is 2. The molecule has 2 rings (SSSR count). The van der Waals surface area contributed by atoms with Crippen molar-refractivity contribution in [3.63, 3.8) is 0 Å². The highest BCUT2D eigenvalue weighted by Gasteiger charge is 2.26. The lowest BCUT2D eigenvalue weighted by atomic mass is 9.82. The van der Waals surface area contributed by atoms with E-state index in [0.29, 0.717) is 25.5 Å². The SMILES string of the molecule is Cc1ccc(OCCC(=O)NCC2CC(O)C2)cc1. The third kappa shape index (κ3) is 4.56. The molecule has 1 aliphatic carbocycles. The number of aliphatic hydroxyl groups is 1. The van der Waals surface area contributed by atoms with E-state index in [9.17, 15) is 4.79 Å². The summed E-state index contributed by atoms with van der Waals surface area (Å²) in [5.74, 6) is 1.24. The molecule has 0 unspecified atom stereocenters. The number of aryl methyl sites for hydroxylation is 1. The molecule has 104 valence electrons. The van der Waals surface area contributed by atoms with E-state index in [2.05, 4.69) is 5.32 Å². The number of amides is 1. The maximum atomic E-state index is 11.6. The molecule has 0 spiro atoms. The van der Waals surface area contributed by atoms with Crippen LogP contribution in [0.3, 0.4) is 0 Å². The highest BCUT2D eigenvalue weighted by atomic mass is 16.5. The van der Waals surface area contributed by atoms with Crippen LogP contribution in [0, 0.1) is 12.8 Å². The molecule has 2 N–H and O–H groups in total. The van der Waals surface area contributed by atoms with E-state index in [1.165, 1.54) is 5.56 Å². The first-order valence-corrected chi connectivity index (χ1v) is 6.77. The number of carbonyl (C=O) groups is 1. The maximum absolute atomic E-state index is 11.6. The minimum atomic E-state index is -0.160. The van der Waals surface area contributed by atoms with E-state index < -0.39 is 0 Å². The van der Waals surface area contributed by atoms with Gasteiger partial charge in [-0.2, -0.15) is 0 Å². The van der Waals surface area contributed by atoms with Crippen molar-refractivity contribution in [3.8, 4) is 5.75 Å². The first-order valence-electron chi connectivity index (χ1n) is 6.77. The van der Waals surface area contributed by atoms with E-state index in [0.717, 1.165) is 18.6 Å². The molecular weight excluding hydrogens is 242 g/mol. The Hall–Kier alpha value is -1.55. The molecule has 0 radical (unpaired) electrons. The van der Waals surface area contributed by atoms with Gasteiger partial charge in [0.05, 0.1) is 19.1 Å². The summed E-state index contributed by atoms with van der Waals surface area (Å²) in [4.78, 5) is 11.6. The van der Waals surface area contributed by atoms with Crippen LogP contribution >= 0.6 is 0 Å². The van der Waals surface area contributed by atoms with Gasteiger partial charge >= 0.3 is 0 Å². The molecule has 1 fully saturated rings. The first kappa shape index (κ1) is 13.9. The number of rotatable bonds is 6. The fourth-order valence-electron chi connectivity index (χ4n) is 2.11. The molecule has 4 nitrogen and oxygen atoms in total. The Morgan fingerprint density at radius 2 is 2.05 bits per heavy atom. The molecule has 1 amide bonds. The number of nitrogens with one attached hydrogen (secondary N) is 1. The van der Waals surface area contributed by atoms with E-state index >= 15 is 0 Å². The number of benzene rings is 1. The Morgan fingerprint density at radius 1 is 1.37 bits per heavy atom. The van der Waals surface area contributed by atoms with E-state index in [4.69, 9.17) is 9.84 Å². The van der Waals surface area contributed by atoms with E-state index in [1.54, 1.807) is 0 Å². The van der Waals surface area contributed by atoms with Crippen LogP contribution in [-0.2, 0) is 4.79 Å². The van der Waals surface area contributed by atoms with Gasteiger partial charge in [0.25, 0.3) is 0 Å². The van der Waals surface area contributed by atoms with Gasteiger partial charge in [-0.3, -0.25) is 4.79 Å². The Kier molecular flexibility index (Phi) is 4.80. The van der Waals surface area contributed by atoms with Gasteiger partial charge in [-0.15, -0.1) is 0 Å².